The van der Waals surface area contributed by atoms with Crippen LogP contribution in [0.1, 0.15) is 52.4 Å². The maximum absolute atomic E-state index is 12.5. The second kappa shape index (κ2) is 11.6. The summed E-state index contributed by atoms with van der Waals surface area (Å²) in [6, 6.07) is 7.40. The fourth-order valence-corrected chi connectivity index (χ4v) is 4.34. The van der Waals surface area contributed by atoms with Crippen molar-refractivity contribution in [1.29, 1.82) is 0 Å². The lowest BCUT2D eigenvalue weighted by Gasteiger charge is -2.35. The Morgan fingerprint density at radius 1 is 1.27 bits per heavy atom. The molecule has 0 unspecified atom stereocenters. The van der Waals surface area contributed by atoms with Gasteiger partial charge in [0.15, 0.2) is 6.10 Å². The van der Waals surface area contributed by atoms with E-state index in [0.717, 1.165) is 25.8 Å². The van der Waals surface area contributed by atoms with Gasteiger partial charge in [0.25, 0.3) is 5.91 Å². The molecule has 2 atom stereocenters. The Hall–Kier alpha value is -1.80. The molecule has 1 N–H and O–H groups in total. The van der Waals surface area contributed by atoms with Crippen LogP contribution in [0.3, 0.4) is 0 Å². The maximum atomic E-state index is 12.5. The molecule has 1 heterocycles. The Morgan fingerprint density at radius 2 is 1.97 bits per heavy atom. The van der Waals surface area contributed by atoms with Gasteiger partial charge in [0, 0.05) is 26.2 Å². The van der Waals surface area contributed by atoms with Crippen molar-refractivity contribution in [3.8, 4) is 5.75 Å². The van der Waals surface area contributed by atoms with Crippen molar-refractivity contribution >= 4 is 21.6 Å². The van der Waals surface area contributed by atoms with Crippen LogP contribution < -0.4 is 14.4 Å². The molecule has 2 rings (SSSR count). The maximum Gasteiger partial charge on any atom is 0.261 e. The van der Waals surface area contributed by atoms with Crippen LogP contribution in [-0.4, -0.2) is 64.3 Å². The van der Waals surface area contributed by atoms with E-state index in [0.29, 0.717) is 30.4 Å². The van der Waals surface area contributed by atoms with Crippen molar-refractivity contribution < 1.29 is 17.9 Å². The molecule has 1 amide bonds. The third kappa shape index (κ3) is 7.16. The van der Waals surface area contributed by atoms with Gasteiger partial charge in [-0.3, -0.25) is 9.10 Å². The third-order valence-electron chi connectivity index (χ3n) is 5.78. The first-order valence-corrected chi connectivity index (χ1v) is 12.8. The lowest BCUT2D eigenvalue weighted by molar-refractivity contribution is -0.128. The molecule has 0 aromatic heterocycles. The van der Waals surface area contributed by atoms with Gasteiger partial charge < -0.3 is 15.0 Å². The molecule has 0 saturated carbocycles. The molecule has 30 heavy (non-hydrogen) atoms. The van der Waals surface area contributed by atoms with Gasteiger partial charge in [-0.15, -0.1) is 0 Å². The normalized spacial score (nSPS) is 18.6. The van der Waals surface area contributed by atoms with Crippen molar-refractivity contribution in [1.82, 2.24) is 10.2 Å². The van der Waals surface area contributed by atoms with Gasteiger partial charge in [-0.05, 0) is 62.9 Å². The fourth-order valence-electron chi connectivity index (χ4n) is 3.84. The SMILES string of the molecule is CC[C@H]1CCCCN1CCCNC(=O)[C@@H](CC)Oc1ccc(N(C)S(C)(=O)=O)cc1. The van der Waals surface area contributed by atoms with Crippen molar-refractivity contribution in [2.75, 3.05) is 37.2 Å². The summed E-state index contributed by atoms with van der Waals surface area (Å²) in [7, 11) is -1.81. The van der Waals surface area contributed by atoms with E-state index in [9.17, 15) is 13.2 Å². The Kier molecular flexibility index (Phi) is 9.42. The summed E-state index contributed by atoms with van der Waals surface area (Å²) >= 11 is 0. The first-order chi connectivity index (χ1) is 14.3. The van der Waals surface area contributed by atoms with Crippen LogP contribution >= 0.6 is 0 Å². The number of carbonyl (C=O) groups is 1. The average molecular weight is 440 g/mol. The van der Waals surface area contributed by atoms with Gasteiger partial charge in [-0.1, -0.05) is 20.3 Å². The molecule has 1 aliphatic heterocycles. The molecule has 0 aliphatic carbocycles. The topological polar surface area (TPSA) is 79.0 Å². The van der Waals surface area contributed by atoms with Crippen molar-refractivity contribution in [3.05, 3.63) is 24.3 Å². The van der Waals surface area contributed by atoms with E-state index in [1.807, 2.05) is 6.92 Å². The quantitative estimate of drug-likeness (QED) is 0.536. The van der Waals surface area contributed by atoms with E-state index < -0.39 is 16.1 Å². The predicted molar refractivity (Wildman–Crippen MR) is 122 cm³/mol. The van der Waals surface area contributed by atoms with Crippen LogP contribution in [0.15, 0.2) is 24.3 Å². The number of nitrogens with zero attached hydrogens (tertiary/aromatic N) is 2. The van der Waals surface area contributed by atoms with E-state index in [-0.39, 0.29) is 5.91 Å². The van der Waals surface area contributed by atoms with E-state index in [4.69, 9.17) is 4.74 Å². The number of likely N-dealkylation sites (tertiary alicyclic amines) is 1. The average Bonchev–Trinajstić information content (AvgIpc) is 2.74. The van der Waals surface area contributed by atoms with Crippen molar-refractivity contribution in [3.63, 3.8) is 0 Å². The number of nitrogens with one attached hydrogen (secondary N) is 1. The smallest absolute Gasteiger partial charge is 0.261 e. The summed E-state index contributed by atoms with van der Waals surface area (Å²) in [4.78, 5) is 15.1. The van der Waals surface area contributed by atoms with Crippen molar-refractivity contribution in [2.45, 2.75) is 64.5 Å². The fraction of sp³-hybridized carbons (Fsp3) is 0.682. The van der Waals surface area contributed by atoms with Crippen LogP contribution in [-0.2, 0) is 14.8 Å². The highest BCUT2D eigenvalue weighted by Gasteiger charge is 2.21. The first kappa shape index (κ1) is 24.5. The second-order valence-corrected chi connectivity index (χ2v) is 9.99. The van der Waals surface area contributed by atoms with Gasteiger partial charge in [-0.25, -0.2) is 8.42 Å². The Labute approximate surface area is 181 Å². The number of piperidine rings is 1. The number of hydrogen-bond donors (Lipinski definition) is 1. The van der Waals surface area contributed by atoms with Crippen molar-refractivity contribution in [2.24, 2.45) is 0 Å². The first-order valence-electron chi connectivity index (χ1n) is 11.0. The number of ether oxygens (including phenoxy) is 1. The number of benzene rings is 1. The molecule has 8 heteroatoms. The molecule has 1 saturated heterocycles. The molecule has 170 valence electrons. The summed E-state index contributed by atoms with van der Waals surface area (Å²) in [6.45, 7) is 6.99. The number of hydrogen-bond acceptors (Lipinski definition) is 5. The predicted octanol–water partition coefficient (Wildman–Crippen LogP) is 3.01. The lowest BCUT2D eigenvalue weighted by Crippen LogP contribution is -2.42. The van der Waals surface area contributed by atoms with Gasteiger partial charge >= 0.3 is 0 Å². The zero-order chi connectivity index (χ0) is 22.1. The molecule has 1 fully saturated rings. The zero-order valence-corrected chi connectivity index (χ0v) is 19.6. The van der Waals surface area contributed by atoms with Crippen LogP contribution in [0, 0.1) is 0 Å². The molecule has 1 aromatic carbocycles. The minimum Gasteiger partial charge on any atom is -0.481 e. The number of rotatable bonds is 11. The molecule has 0 spiro atoms. The number of carbonyl (C=O) groups excluding carboxylic acids is 1. The highest BCUT2D eigenvalue weighted by atomic mass is 32.2. The van der Waals surface area contributed by atoms with E-state index in [2.05, 4.69) is 17.1 Å². The summed E-state index contributed by atoms with van der Waals surface area (Å²) in [5, 5.41) is 3.00. The van der Waals surface area contributed by atoms with Crippen LogP contribution in [0.25, 0.3) is 0 Å². The Balaban J connectivity index is 1.80. The summed E-state index contributed by atoms with van der Waals surface area (Å²) in [6.07, 6.45) is 7.15. The Bertz CT molecular complexity index is 767. The minimum atomic E-state index is -3.31. The Morgan fingerprint density at radius 3 is 2.57 bits per heavy atom. The zero-order valence-electron chi connectivity index (χ0n) is 18.8. The van der Waals surface area contributed by atoms with Gasteiger partial charge in [-0.2, -0.15) is 0 Å². The molecule has 7 nitrogen and oxygen atoms in total. The van der Waals surface area contributed by atoms with Gasteiger partial charge in [0.2, 0.25) is 10.0 Å². The molecule has 0 radical (unpaired) electrons. The summed E-state index contributed by atoms with van der Waals surface area (Å²) in [5.74, 6) is 0.433. The molecule has 1 aliphatic rings. The van der Waals surface area contributed by atoms with Gasteiger partial charge in [0.05, 0.1) is 11.9 Å². The summed E-state index contributed by atoms with van der Waals surface area (Å²) in [5.41, 5.74) is 0.547. The monoisotopic (exact) mass is 439 g/mol. The third-order valence-corrected chi connectivity index (χ3v) is 6.99. The van der Waals surface area contributed by atoms with Crippen LogP contribution in [0.5, 0.6) is 5.75 Å². The van der Waals surface area contributed by atoms with Crippen LogP contribution in [0.2, 0.25) is 0 Å². The highest BCUT2D eigenvalue weighted by Crippen LogP contribution is 2.22. The molecule has 0 bridgehead atoms. The standard InChI is InChI=1S/C22H37N3O4S/c1-5-18-10-7-8-16-25(18)17-9-15-23-22(26)21(6-2)29-20-13-11-19(12-14-20)24(3)30(4,27)28/h11-14,18,21H,5-10,15-17H2,1-4H3,(H,23,26)/t18-,21+/m0/s1. The van der Waals surface area contributed by atoms with Gasteiger partial charge in [0.1, 0.15) is 5.75 Å². The van der Waals surface area contributed by atoms with E-state index in [1.54, 1.807) is 24.3 Å². The second-order valence-electron chi connectivity index (χ2n) is 7.98. The molecular formula is C22H37N3O4S. The minimum absolute atomic E-state index is 0.111. The lowest BCUT2D eigenvalue weighted by atomic mass is 10.00. The molecule has 1 aromatic rings. The number of amides is 1. The largest absolute Gasteiger partial charge is 0.481 e. The number of anilines is 1. The molecular weight excluding hydrogens is 402 g/mol. The highest BCUT2D eigenvalue weighted by molar-refractivity contribution is 7.92. The van der Waals surface area contributed by atoms with E-state index >= 15 is 0 Å². The summed E-state index contributed by atoms with van der Waals surface area (Å²) < 4.78 is 30.3. The number of sulfonamides is 1. The van der Waals surface area contributed by atoms with E-state index in [1.165, 1.54) is 37.0 Å². The van der Waals surface area contributed by atoms with Crippen LogP contribution in [0.4, 0.5) is 5.69 Å².